The van der Waals surface area contributed by atoms with Crippen LogP contribution in [0.1, 0.15) is 39.5 Å². The molecule has 21 heavy (non-hydrogen) atoms. The fourth-order valence-electron chi connectivity index (χ4n) is 2.70. The lowest BCUT2D eigenvalue weighted by Crippen LogP contribution is -2.32. The number of fused-ring (bicyclic) bond motifs is 1. The Morgan fingerprint density at radius 3 is 2.76 bits per heavy atom. The van der Waals surface area contributed by atoms with E-state index in [4.69, 9.17) is 0 Å². The number of para-hydroxylation sites is 1. The maximum absolute atomic E-state index is 12.1. The van der Waals surface area contributed by atoms with E-state index in [-0.39, 0.29) is 5.56 Å². The van der Waals surface area contributed by atoms with Gasteiger partial charge in [0.1, 0.15) is 0 Å². The first-order chi connectivity index (χ1) is 10.2. The molecule has 1 heterocycles. The topological polar surface area (TPSA) is 34.0 Å². The molecule has 1 unspecified atom stereocenters. The molecule has 0 fully saturated rings. The summed E-state index contributed by atoms with van der Waals surface area (Å²) < 4.78 is 1.86. The quantitative estimate of drug-likeness (QED) is 0.753. The molecule has 1 aromatic carbocycles. The lowest BCUT2D eigenvalue weighted by molar-refractivity contribution is 0.470. The Morgan fingerprint density at radius 2 is 1.95 bits per heavy atom. The van der Waals surface area contributed by atoms with E-state index in [1.807, 2.05) is 34.9 Å². The number of hydrogen-bond donors (Lipinski definition) is 1. The first kappa shape index (κ1) is 15.8. The van der Waals surface area contributed by atoms with Gasteiger partial charge in [-0.3, -0.25) is 4.79 Å². The zero-order chi connectivity index (χ0) is 15.1. The summed E-state index contributed by atoms with van der Waals surface area (Å²) in [6.07, 6.45) is 5.05. The number of hydrogen-bond acceptors (Lipinski definition) is 2. The molecule has 0 aliphatic heterocycles. The van der Waals surface area contributed by atoms with Crippen LogP contribution in [0.2, 0.25) is 0 Å². The van der Waals surface area contributed by atoms with E-state index >= 15 is 0 Å². The lowest BCUT2D eigenvalue weighted by Gasteiger charge is -2.15. The number of benzene rings is 1. The maximum Gasteiger partial charge on any atom is 0.251 e. The number of unbranched alkanes of at least 4 members (excludes halogenated alkanes) is 2. The minimum absolute atomic E-state index is 0.0779. The van der Waals surface area contributed by atoms with Crippen LogP contribution in [0.15, 0.2) is 41.2 Å². The summed E-state index contributed by atoms with van der Waals surface area (Å²) in [5.41, 5.74) is 1.10. The summed E-state index contributed by atoms with van der Waals surface area (Å²) >= 11 is 0. The molecule has 2 rings (SSSR count). The highest BCUT2D eigenvalue weighted by Crippen LogP contribution is 2.10. The lowest BCUT2D eigenvalue weighted by atomic mass is 10.1. The first-order valence-corrected chi connectivity index (χ1v) is 8.04. The molecule has 2 aromatic rings. The van der Waals surface area contributed by atoms with Gasteiger partial charge in [0, 0.05) is 25.2 Å². The average molecular weight is 286 g/mol. The van der Waals surface area contributed by atoms with Gasteiger partial charge in [0.15, 0.2) is 0 Å². The predicted octanol–water partition coefficient (Wildman–Crippen LogP) is 3.56. The molecule has 1 atom stereocenters. The molecule has 0 radical (unpaired) electrons. The van der Waals surface area contributed by atoms with E-state index in [2.05, 4.69) is 19.2 Å². The van der Waals surface area contributed by atoms with E-state index in [1.165, 1.54) is 25.7 Å². The van der Waals surface area contributed by atoms with E-state index in [9.17, 15) is 4.79 Å². The Kier molecular flexibility index (Phi) is 6.00. The van der Waals surface area contributed by atoms with Crippen molar-refractivity contribution < 1.29 is 0 Å². The van der Waals surface area contributed by atoms with Crippen molar-refractivity contribution in [3.8, 4) is 0 Å². The first-order valence-electron chi connectivity index (χ1n) is 8.04. The smallest absolute Gasteiger partial charge is 0.251 e. The van der Waals surface area contributed by atoms with Crippen molar-refractivity contribution in [1.29, 1.82) is 0 Å². The minimum atomic E-state index is 0.0779. The molecule has 0 aliphatic carbocycles. The summed E-state index contributed by atoms with van der Waals surface area (Å²) in [6, 6.07) is 12.1. The maximum atomic E-state index is 12.1. The van der Waals surface area contributed by atoms with Crippen molar-refractivity contribution in [3.63, 3.8) is 0 Å². The van der Waals surface area contributed by atoms with Gasteiger partial charge in [-0.1, -0.05) is 44.4 Å². The monoisotopic (exact) mass is 286 g/mol. The van der Waals surface area contributed by atoms with Gasteiger partial charge in [-0.2, -0.15) is 0 Å². The van der Waals surface area contributed by atoms with Crippen LogP contribution in [0.5, 0.6) is 0 Å². The second kappa shape index (κ2) is 7.99. The molecule has 3 nitrogen and oxygen atoms in total. The van der Waals surface area contributed by atoms with Crippen LogP contribution < -0.4 is 10.9 Å². The Hall–Kier alpha value is -1.61. The van der Waals surface area contributed by atoms with E-state index in [0.29, 0.717) is 6.04 Å². The standard InChI is InChI=1S/C18H26N2O/c1-3-4-5-8-15(2)19-13-14-20-17-10-7-6-9-16(17)11-12-18(20)21/h6-7,9-12,15,19H,3-5,8,13-14H2,1-2H3. The highest BCUT2D eigenvalue weighted by atomic mass is 16.1. The Bertz CT molecular complexity index is 618. The molecule has 0 aliphatic rings. The van der Waals surface area contributed by atoms with Crippen LogP contribution in [0.3, 0.4) is 0 Å². The summed E-state index contributed by atoms with van der Waals surface area (Å²) in [7, 11) is 0. The zero-order valence-corrected chi connectivity index (χ0v) is 13.1. The van der Waals surface area contributed by atoms with Gasteiger partial charge in [0.05, 0.1) is 5.52 Å². The van der Waals surface area contributed by atoms with Gasteiger partial charge in [-0.05, 0) is 30.9 Å². The van der Waals surface area contributed by atoms with Crippen LogP contribution in [0, 0.1) is 0 Å². The fraction of sp³-hybridized carbons (Fsp3) is 0.500. The number of aromatic nitrogens is 1. The van der Waals surface area contributed by atoms with Crippen LogP contribution >= 0.6 is 0 Å². The van der Waals surface area contributed by atoms with Gasteiger partial charge >= 0.3 is 0 Å². The molecule has 0 spiro atoms. The third kappa shape index (κ3) is 4.43. The average Bonchev–Trinajstić information content (AvgIpc) is 2.50. The van der Waals surface area contributed by atoms with Gasteiger partial charge in [-0.25, -0.2) is 0 Å². The summed E-state index contributed by atoms with van der Waals surface area (Å²) in [5.74, 6) is 0. The van der Waals surface area contributed by atoms with Crippen molar-refractivity contribution in [3.05, 3.63) is 46.8 Å². The van der Waals surface area contributed by atoms with Crippen molar-refractivity contribution in [2.24, 2.45) is 0 Å². The molecule has 0 bridgehead atoms. The largest absolute Gasteiger partial charge is 0.312 e. The number of rotatable bonds is 8. The highest BCUT2D eigenvalue weighted by molar-refractivity contribution is 5.78. The second-order valence-corrected chi connectivity index (χ2v) is 5.73. The summed E-state index contributed by atoms with van der Waals surface area (Å²) in [4.78, 5) is 12.1. The fourth-order valence-corrected chi connectivity index (χ4v) is 2.70. The predicted molar refractivity (Wildman–Crippen MR) is 89.8 cm³/mol. The molecule has 1 aromatic heterocycles. The van der Waals surface area contributed by atoms with Crippen molar-refractivity contribution in [2.75, 3.05) is 6.54 Å². The van der Waals surface area contributed by atoms with Crippen LogP contribution in [0.25, 0.3) is 10.9 Å². The third-order valence-corrected chi connectivity index (χ3v) is 3.97. The van der Waals surface area contributed by atoms with E-state index in [0.717, 1.165) is 24.0 Å². The summed E-state index contributed by atoms with van der Waals surface area (Å²) in [5, 5.41) is 4.64. The van der Waals surface area contributed by atoms with Crippen molar-refractivity contribution in [1.82, 2.24) is 9.88 Å². The molecule has 1 N–H and O–H groups in total. The van der Waals surface area contributed by atoms with E-state index in [1.54, 1.807) is 6.07 Å². The van der Waals surface area contributed by atoms with Crippen LogP contribution in [-0.2, 0) is 6.54 Å². The highest BCUT2D eigenvalue weighted by Gasteiger charge is 2.04. The minimum Gasteiger partial charge on any atom is -0.312 e. The molecule has 0 saturated heterocycles. The Morgan fingerprint density at radius 1 is 1.14 bits per heavy atom. The number of nitrogens with zero attached hydrogens (tertiary/aromatic N) is 1. The van der Waals surface area contributed by atoms with Gasteiger partial charge in [-0.15, -0.1) is 0 Å². The van der Waals surface area contributed by atoms with Gasteiger partial charge < -0.3 is 9.88 Å². The summed E-state index contributed by atoms with van der Waals surface area (Å²) in [6.45, 7) is 6.01. The molecular weight excluding hydrogens is 260 g/mol. The second-order valence-electron chi connectivity index (χ2n) is 5.73. The number of pyridine rings is 1. The zero-order valence-electron chi connectivity index (χ0n) is 13.1. The molecule has 0 amide bonds. The van der Waals surface area contributed by atoms with E-state index < -0.39 is 0 Å². The molecule has 3 heteroatoms. The number of nitrogens with one attached hydrogen (secondary N) is 1. The molecular formula is C18H26N2O. The van der Waals surface area contributed by atoms with Gasteiger partial charge in [0.2, 0.25) is 0 Å². The Labute approximate surface area is 127 Å². The third-order valence-electron chi connectivity index (χ3n) is 3.97. The van der Waals surface area contributed by atoms with Crippen LogP contribution in [-0.4, -0.2) is 17.2 Å². The normalized spacial score (nSPS) is 12.7. The Balaban J connectivity index is 1.94. The molecule has 0 saturated carbocycles. The van der Waals surface area contributed by atoms with Crippen molar-refractivity contribution in [2.45, 2.75) is 52.1 Å². The SMILES string of the molecule is CCCCCC(C)NCCn1c(=O)ccc2ccccc21. The van der Waals surface area contributed by atoms with Crippen molar-refractivity contribution >= 4 is 10.9 Å². The van der Waals surface area contributed by atoms with Gasteiger partial charge in [0.25, 0.3) is 5.56 Å². The van der Waals surface area contributed by atoms with Crippen LogP contribution in [0.4, 0.5) is 0 Å². The molecule has 114 valence electrons.